The minimum absolute atomic E-state index is 0.181. The third-order valence-electron chi connectivity index (χ3n) is 4.32. The average Bonchev–Trinajstić information content (AvgIpc) is 3.08. The number of piperidine rings is 1. The average molecular weight is 352 g/mol. The minimum Gasteiger partial charge on any atom is -0.393 e. The van der Waals surface area contributed by atoms with Crippen LogP contribution in [0.3, 0.4) is 0 Å². The van der Waals surface area contributed by atoms with E-state index in [9.17, 15) is 5.11 Å². The van der Waals surface area contributed by atoms with Crippen LogP contribution in [0.2, 0.25) is 0 Å². The van der Waals surface area contributed by atoms with Gasteiger partial charge in [0.2, 0.25) is 0 Å². The fourth-order valence-corrected chi connectivity index (χ4v) is 2.87. The molecule has 1 aromatic rings. The Morgan fingerprint density at radius 3 is 2.92 bits per heavy atom. The van der Waals surface area contributed by atoms with Crippen LogP contribution >= 0.6 is 0 Å². The number of likely N-dealkylation sites (tertiary alicyclic amines) is 1. The Kier molecular flexibility index (Phi) is 8.68. The van der Waals surface area contributed by atoms with Gasteiger partial charge in [-0.2, -0.15) is 0 Å². The molecule has 0 saturated carbocycles. The molecule has 8 nitrogen and oxygen atoms in total. The number of aryl methyl sites for hydroxylation is 1. The van der Waals surface area contributed by atoms with Crippen LogP contribution in [0.4, 0.5) is 0 Å². The highest BCUT2D eigenvalue weighted by molar-refractivity contribution is 5.80. The van der Waals surface area contributed by atoms with Gasteiger partial charge in [-0.3, -0.25) is 4.99 Å². The van der Waals surface area contributed by atoms with Crippen molar-refractivity contribution < 1.29 is 9.84 Å². The van der Waals surface area contributed by atoms with E-state index >= 15 is 0 Å². The molecule has 0 aliphatic carbocycles. The van der Waals surface area contributed by atoms with Crippen LogP contribution in [0.15, 0.2) is 11.3 Å². The number of hydrogen-bond acceptors (Lipinski definition) is 5. The van der Waals surface area contributed by atoms with E-state index in [4.69, 9.17) is 9.73 Å². The number of ether oxygens (including phenoxy) is 1. The predicted molar refractivity (Wildman–Crippen MR) is 97.6 cm³/mol. The van der Waals surface area contributed by atoms with Crippen LogP contribution in [0, 0.1) is 0 Å². The maximum absolute atomic E-state index is 9.72. The van der Waals surface area contributed by atoms with Crippen molar-refractivity contribution in [3.8, 4) is 0 Å². The van der Waals surface area contributed by atoms with Gasteiger partial charge in [-0.15, -0.1) is 10.2 Å². The van der Waals surface area contributed by atoms with Gasteiger partial charge in [0.25, 0.3) is 0 Å². The van der Waals surface area contributed by atoms with Gasteiger partial charge in [0.1, 0.15) is 12.2 Å². The Hall–Kier alpha value is -1.67. The van der Waals surface area contributed by atoms with E-state index in [0.29, 0.717) is 0 Å². The number of aromatic nitrogens is 3. The Morgan fingerprint density at radius 2 is 2.20 bits per heavy atom. The summed E-state index contributed by atoms with van der Waals surface area (Å²) in [5, 5.41) is 21.3. The largest absolute Gasteiger partial charge is 0.393 e. The molecule has 1 fully saturated rings. The minimum atomic E-state index is -0.181. The summed E-state index contributed by atoms with van der Waals surface area (Å²) in [5.74, 6) is 1.92. The first-order valence-corrected chi connectivity index (χ1v) is 9.40. The second kappa shape index (κ2) is 11.0. The molecule has 1 saturated heterocycles. The van der Waals surface area contributed by atoms with Crippen LogP contribution in [0.1, 0.15) is 38.9 Å². The molecule has 0 radical (unpaired) electrons. The molecule has 0 aromatic carbocycles. The van der Waals surface area contributed by atoms with Gasteiger partial charge in [0.05, 0.1) is 6.10 Å². The molecule has 0 spiro atoms. The van der Waals surface area contributed by atoms with Crippen LogP contribution in [-0.4, -0.2) is 76.2 Å². The second-order valence-electron chi connectivity index (χ2n) is 6.19. The van der Waals surface area contributed by atoms with Crippen molar-refractivity contribution >= 4 is 5.96 Å². The highest BCUT2D eigenvalue weighted by Gasteiger charge is 2.19. The van der Waals surface area contributed by atoms with Crippen LogP contribution in [-0.2, 0) is 17.7 Å². The standard InChI is InChI=1S/C17H32N6O2/c1-3-16-21-20-14-23(16)12-9-19-17(18-8-5-13-25-4-2)22-10-6-15(24)7-11-22/h14-15,24H,3-13H2,1-2H3,(H,18,19). The highest BCUT2D eigenvalue weighted by Crippen LogP contribution is 2.10. The Balaban J connectivity index is 1.85. The quantitative estimate of drug-likeness (QED) is 0.386. The van der Waals surface area contributed by atoms with E-state index in [2.05, 4.69) is 31.9 Å². The summed E-state index contributed by atoms with van der Waals surface area (Å²) in [7, 11) is 0. The smallest absolute Gasteiger partial charge is 0.193 e. The molecule has 2 rings (SSSR count). The lowest BCUT2D eigenvalue weighted by atomic mass is 10.1. The third-order valence-corrected chi connectivity index (χ3v) is 4.32. The monoisotopic (exact) mass is 352 g/mol. The molecular formula is C17H32N6O2. The Bertz CT molecular complexity index is 511. The van der Waals surface area contributed by atoms with E-state index < -0.39 is 0 Å². The number of rotatable bonds is 9. The van der Waals surface area contributed by atoms with Gasteiger partial charge in [0.15, 0.2) is 5.96 Å². The summed E-state index contributed by atoms with van der Waals surface area (Å²) in [6.07, 6.45) is 4.98. The van der Waals surface area contributed by atoms with Gasteiger partial charge < -0.3 is 24.6 Å². The van der Waals surface area contributed by atoms with E-state index in [0.717, 1.165) is 83.4 Å². The molecular weight excluding hydrogens is 320 g/mol. The molecule has 2 N–H and O–H groups in total. The van der Waals surface area contributed by atoms with Gasteiger partial charge >= 0.3 is 0 Å². The van der Waals surface area contributed by atoms with Crippen molar-refractivity contribution in [2.75, 3.05) is 39.4 Å². The zero-order valence-electron chi connectivity index (χ0n) is 15.5. The maximum atomic E-state index is 9.72. The van der Waals surface area contributed by atoms with Crippen molar-refractivity contribution in [2.45, 2.75) is 52.2 Å². The van der Waals surface area contributed by atoms with E-state index in [1.54, 1.807) is 6.33 Å². The van der Waals surface area contributed by atoms with Gasteiger partial charge in [-0.25, -0.2) is 0 Å². The molecule has 25 heavy (non-hydrogen) atoms. The van der Waals surface area contributed by atoms with Gasteiger partial charge in [-0.1, -0.05) is 6.92 Å². The van der Waals surface area contributed by atoms with Crippen molar-refractivity contribution in [1.29, 1.82) is 0 Å². The number of aliphatic hydroxyl groups is 1. The predicted octanol–water partition coefficient (Wildman–Crippen LogP) is 0.669. The molecule has 0 bridgehead atoms. The fraction of sp³-hybridized carbons (Fsp3) is 0.824. The Morgan fingerprint density at radius 1 is 1.40 bits per heavy atom. The summed E-state index contributed by atoms with van der Waals surface area (Å²) in [6.45, 7) is 9.58. The van der Waals surface area contributed by atoms with Gasteiger partial charge in [0, 0.05) is 52.4 Å². The molecule has 0 amide bonds. The number of guanidine groups is 1. The number of aliphatic hydroxyl groups excluding tert-OH is 1. The van der Waals surface area contributed by atoms with Crippen LogP contribution in [0.25, 0.3) is 0 Å². The molecule has 1 aliphatic rings. The molecule has 0 atom stereocenters. The van der Waals surface area contributed by atoms with E-state index in [-0.39, 0.29) is 6.10 Å². The number of hydrogen-bond donors (Lipinski definition) is 2. The molecule has 1 aliphatic heterocycles. The zero-order valence-corrected chi connectivity index (χ0v) is 15.5. The molecule has 8 heteroatoms. The first-order valence-electron chi connectivity index (χ1n) is 9.40. The lowest BCUT2D eigenvalue weighted by Gasteiger charge is -2.32. The van der Waals surface area contributed by atoms with E-state index in [1.807, 2.05) is 6.92 Å². The van der Waals surface area contributed by atoms with Crippen molar-refractivity contribution in [2.24, 2.45) is 4.99 Å². The summed E-state index contributed by atoms with van der Waals surface area (Å²) >= 11 is 0. The fourth-order valence-electron chi connectivity index (χ4n) is 2.87. The first-order chi connectivity index (χ1) is 12.2. The third kappa shape index (κ3) is 6.62. The lowest BCUT2D eigenvalue weighted by molar-refractivity contribution is 0.108. The zero-order chi connectivity index (χ0) is 17.9. The highest BCUT2D eigenvalue weighted by atomic mass is 16.5. The van der Waals surface area contributed by atoms with Crippen LogP contribution in [0.5, 0.6) is 0 Å². The summed E-state index contributed by atoms with van der Waals surface area (Å²) in [4.78, 5) is 6.97. The Labute approximate surface area is 150 Å². The molecule has 142 valence electrons. The maximum Gasteiger partial charge on any atom is 0.193 e. The number of aliphatic imine (C=N–C) groups is 1. The molecule has 1 aromatic heterocycles. The topological polar surface area (TPSA) is 87.8 Å². The second-order valence-corrected chi connectivity index (χ2v) is 6.19. The lowest BCUT2D eigenvalue weighted by Crippen LogP contribution is -2.47. The molecule has 0 unspecified atom stereocenters. The van der Waals surface area contributed by atoms with Crippen molar-refractivity contribution in [3.05, 3.63) is 12.2 Å². The first kappa shape index (κ1) is 19.7. The molecule has 2 heterocycles. The normalized spacial score (nSPS) is 16.4. The number of nitrogens with zero attached hydrogens (tertiary/aromatic N) is 5. The summed E-state index contributed by atoms with van der Waals surface area (Å²) in [5.41, 5.74) is 0. The SMILES string of the molecule is CCOCCCN=C(NCCn1cnnc1CC)N1CCC(O)CC1. The van der Waals surface area contributed by atoms with Crippen molar-refractivity contribution in [1.82, 2.24) is 25.0 Å². The van der Waals surface area contributed by atoms with Crippen molar-refractivity contribution in [3.63, 3.8) is 0 Å². The summed E-state index contributed by atoms with van der Waals surface area (Å²) in [6, 6.07) is 0. The van der Waals surface area contributed by atoms with E-state index in [1.165, 1.54) is 0 Å². The van der Waals surface area contributed by atoms with Gasteiger partial charge in [-0.05, 0) is 26.2 Å². The summed E-state index contributed by atoms with van der Waals surface area (Å²) < 4.78 is 7.45. The van der Waals surface area contributed by atoms with Crippen LogP contribution < -0.4 is 5.32 Å². The number of nitrogens with one attached hydrogen (secondary N) is 1.